The van der Waals surface area contributed by atoms with Crippen molar-refractivity contribution in [1.29, 1.82) is 0 Å². The quantitative estimate of drug-likeness (QED) is 0.538. The zero-order valence-corrected chi connectivity index (χ0v) is 16.6. The summed E-state index contributed by atoms with van der Waals surface area (Å²) < 4.78 is 1.76. The van der Waals surface area contributed by atoms with Gasteiger partial charge in [-0.05, 0) is 78.0 Å². The Morgan fingerprint density at radius 3 is 2.55 bits per heavy atom. The Balaban J connectivity index is 1.24. The number of benzene rings is 2. The highest BCUT2D eigenvalue weighted by molar-refractivity contribution is 7.10. The van der Waals surface area contributed by atoms with Crippen molar-refractivity contribution in [3.05, 3.63) is 94.4 Å². The molecule has 0 unspecified atom stereocenters. The molecule has 0 bridgehead atoms. The van der Waals surface area contributed by atoms with E-state index in [4.69, 9.17) is 0 Å². The summed E-state index contributed by atoms with van der Waals surface area (Å²) in [6.07, 6.45) is 4.70. The van der Waals surface area contributed by atoms with Crippen molar-refractivity contribution in [2.45, 2.75) is 13.0 Å². The molecule has 1 aliphatic rings. The van der Waals surface area contributed by atoms with E-state index >= 15 is 0 Å². The second kappa shape index (κ2) is 7.56. The lowest BCUT2D eigenvalue weighted by atomic mass is 10.1. The molecule has 3 heterocycles. The van der Waals surface area contributed by atoms with Gasteiger partial charge in [0.25, 0.3) is 5.91 Å². The Hall–Kier alpha value is -3.38. The average molecular weight is 401 g/mol. The molecule has 29 heavy (non-hydrogen) atoms. The van der Waals surface area contributed by atoms with Gasteiger partial charge in [0.2, 0.25) is 0 Å². The van der Waals surface area contributed by atoms with Crippen molar-refractivity contribution < 1.29 is 4.79 Å². The Kier molecular flexibility index (Phi) is 4.62. The van der Waals surface area contributed by atoms with E-state index in [0.29, 0.717) is 5.56 Å². The monoisotopic (exact) mass is 400 g/mol. The van der Waals surface area contributed by atoms with E-state index in [1.165, 1.54) is 16.1 Å². The molecule has 0 saturated carbocycles. The largest absolute Gasteiger partial charge is 0.367 e. The van der Waals surface area contributed by atoms with Gasteiger partial charge >= 0.3 is 0 Å². The third-order valence-corrected chi connectivity index (χ3v) is 6.22. The first kappa shape index (κ1) is 17.7. The van der Waals surface area contributed by atoms with Crippen LogP contribution >= 0.6 is 11.3 Å². The fourth-order valence-corrected chi connectivity index (χ4v) is 4.50. The summed E-state index contributed by atoms with van der Waals surface area (Å²) in [5.74, 6) is -0.120. The first-order valence-corrected chi connectivity index (χ1v) is 10.5. The van der Waals surface area contributed by atoms with Crippen LogP contribution in [0.3, 0.4) is 0 Å². The smallest absolute Gasteiger partial charge is 0.255 e. The van der Waals surface area contributed by atoms with Crippen LogP contribution in [0.15, 0.2) is 78.4 Å². The van der Waals surface area contributed by atoms with Crippen LogP contribution in [0, 0.1) is 0 Å². The van der Waals surface area contributed by atoms with Crippen LogP contribution < -0.4 is 10.2 Å². The van der Waals surface area contributed by atoms with Crippen molar-refractivity contribution >= 4 is 28.6 Å². The molecule has 5 nitrogen and oxygen atoms in total. The molecule has 2 aromatic carbocycles. The van der Waals surface area contributed by atoms with Gasteiger partial charge in [-0.1, -0.05) is 0 Å². The summed E-state index contributed by atoms with van der Waals surface area (Å²) in [6, 6.07) is 19.6. The van der Waals surface area contributed by atoms with E-state index in [2.05, 4.69) is 38.9 Å². The molecule has 0 radical (unpaired) electrons. The van der Waals surface area contributed by atoms with E-state index in [9.17, 15) is 4.79 Å². The number of amides is 1. The van der Waals surface area contributed by atoms with Crippen LogP contribution in [0.2, 0.25) is 0 Å². The van der Waals surface area contributed by atoms with Crippen LogP contribution in [-0.4, -0.2) is 22.2 Å². The lowest BCUT2D eigenvalue weighted by molar-refractivity contribution is 0.102. The maximum absolute atomic E-state index is 12.6. The third kappa shape index (κ3) is 3.67. The molecule has 4 aromatic rings. The molecule has 0 spiro atoms. The molecule has 0 aliphatic carbocycles. The van der Waals surface area contributed by atoms with Crippen molar-refractivity contribution in [3.8, 4) is 5.69 Å². The van der Waals surface area contributed by atoms with Crippen LogP contribution in [-0.2, 0) is 13.0 Å². The van der Waals surface area contributed by atoms with Crippen molar-refractivity contribution in [3.63, 3.8) is 0 Å². The molecular weight excluding hydrogens is 380 g/mol. The Morgan fingerprint density at radius 1 is 1.00 bits per heavy atom. The van der Waals surface area contributed by atoms with Gasteiger partial charge in [-0.2, -0.15) is 5.10 Å². The number of carbonyl (C=O) groups is 1. The van der Waals surface area contributed by atoms with E-state index < -0.39 is 0 Å². The van der Waals surface area contributed by atoms with Crippen molar-refractivity contribution in [1.82, 2.24) is 9.78 Å². The molecule has 1 N–H and O–H groups in total. The molecule has 0 fully saturated rings. The first-order chi connectivity index (χ1) is 14.3. The minimum atomic E-state index is -0.120. The van der Waals surface area contributed by atoms with Crippen molar-refractivity contribution in [2.75, 3.05) is 16.8 Å². The Morgan fingerprint density at radius 2 is 1.79 bits per heavy atom. The number of nitrogens with zero attached hydrogens (tertiary/aromatic N) is 3. The Labute approximate surface area is 173 Å². The zero-order valence-electron chi connectivity index (χ0n) is 15.8. The number of thiophene rings is 1. The molecule has 5 rings (SSSR count). The van der Waals surface area contributed by atoms with Crippen LogP contribution in [0.4, 0.5) is 11.4 Å². The highest BCUT2D eigenvalue weighted by atomic mass is 32.1. The van der Waals surface area contributed by atoms with Gasteiger partial charge < -0.3 is 10.2 Å². The van der Waals surface area contributed by atoms with E-state index in [1.54, 1.807) is 10.9 Å². The van der Waals surface area contributed by atoms with E-state index in [0.717, 1.165) is 30.9 Å². The zero-order chi connectivity index (χ0) is 19.6. The van der Waals surface area contributed by atoms with E-state index in [-0.39, 0.29) is 5.91 Å². The minimum absolute atomic E-state index is 0.120. The first-order valence-electron chi connectivity index (χ1n) is 9.58. The molecule has 2 aromatic heterocycles. The number of rotatable bonds is 4. The number of hydrogen-bond donors (Lipinski definition) is 1. The number of aromatic nitrogens is 2. The SMILES string of the molecule is O=C(Nc1ccc(N2CCc3sccc3C2)cc1)c1ccc(-n2cccn2)cc1. The van der Waals surface area contributed by atoms with Gasteiger partial charge in [-0.25, -0.2) is 4.68 Å². The van der Waals surface area contributed by atoms with Crippen LogP contribution in [0.5, 0.6) is 0 Å². The van der Waals surface area contributed by atoms with E-state index in [1.807, 2.05) is 60.0 Å². The van der Waals surface area contributed by atoms with Gasteiger partial charge in [0.1, 0.15) is 0 Å². The summed E-state index contributed by atoms with van der Waals surface area (Å²) in [4.78, 5) is 16.5. The second-order valence-corrected chi connectivity index (χ2v) is 8.04. The second-order valence-electron chi connectivity index (χ2n) is 7.04. The molecule has 0 atom stereocenters. The summed E-state index contributed by atoms with van der Waals surface area (Å²) in [7, 11) is 0. The topological polar surface area (TPSA) is 50.2 Å². The molecule has 6 heteroatoms. The van der Waals surface area contributed by atoms with Gasteiger partial charge in [0.05, 0.1) is 5.69 Å². The maximum Gasteiger partial charge on any atom is 0.255 e. The molecular formula is C23H20N4OS. The van der Waals surface area contributed by atoms with Gasteiger partial charge in [-0.3, -0.25) is 4.79 Å². The fraction of sp³-hybridized carbons (Fsp3) is 0.130. The molecule has 0 saturated heterocycles. The predicted molar refractivity (Wildman–Crippen MR) is 117 cm³/mol. The van der Waals surface area contributed by atoms with Crippen LogP contribution in [0.25, 0.3) is 5.69 Å². The summed E-state index contributed by atoms with van der Waals surface area (Å²) >= 11 is 1.85. The molecule has 1 amide bonds. The van der Waals surface area contributed by atoms with Crippen LogP contribution in [0.1, 0.15) is 20.8 Å². The lowest BCUT2D eigenvalue weighted by Gasteiger charge is -2.29. The lowest BCUT2D eigenvalue weighted by Crippen LogP contribution is -2.29. The minimum Gasteiger partial charge on any atom is -0.367 e. The Bertz CT molecular complexity index is 1110. The predicted octanol–water partition coefficient (Wildman–Crippen LogP) is 4.75. The number of fused-ring (bicyclic) bond motifs is 1. The van der Waals surface area contributed by atoms with Gasteiger partial charge in [-0.15, -0.1) is 11.3 Å². The number of carbonyl (C=O) groups excluding carboxylic acids is 1. The highest BCUT2D eigenvalue weighted by Crippen LogP contribution is 2.28. The maximum atomic E-state index is 12.6. The molecule has 144 valence electrons. The van der Waals surface area contributed by atoms with Gasteiger partial charge in [0, 0.05) is 47.3 Å². The summed E-state index contributed by atoms with van der Waals surface area (Å²) in [6.45, 7) is 1.98. The van der Waals surface area contributed by atoms with Crippen molar-refractivity contribution in [2.24, 2.45) is 0 Å². The number of nitrogens with one attached hydrogen (secondary N) is 1. The summed E-state index contributed by atoms with van der Waals surface area (Å²) in [5.41, 5.74) is 4.95. The average Bonchev–Trinajstić information content (AvgIpc) is 3.46. The van der Waals surface area contributed by atoms with Gasteiger partial charge in [0.15, 0.2) is 0 Å². The number of hydrogen-bond acceptors (Lipinski definition) is 4. The standard InChI is InChI=1S/C23H20N4OS/c28-23(17-2-6-21(7-3-17)27-13-1-12-24-27)25-19-4-8-20(9-5-19)26-14-10-22-18(16-26)11-15-29-22/h1-9,11-13,15H,10,14,16H2,(H,25,28). The number of anilines is 2. The molecule has 1 aliphatic heterocycles. The highest BCUT2D eigenvalue weighted by Gasteiger charge is 2.17. The third-order valence-electron chi connectivity index (χ3n) is 5.20. The summed E-state index contributed by atoms with van der Waals surface area (Å²) in [5, 5.41) is 9.35. The fourth-order valence-electron chi connectivity index (χ4n) is 3.61. The normalized spacial score (nSPS) is 13.2.